The van der Waals surface area contributed by atoms with E-state index < -0.39 is 0 Å². The second-order valence-corrected chi connectivity index (χ2v) is 5.14. The van der Waals surface area contributed by atoms with Gasteiger partial charge >= 0.3 is 0 Å². The maximum Gasteiger partial charge on any atom is 0.145 e. The molecule has 1 saturated heterocycles. The van der Waals surface area contributed by atoms with Crippen LogP contribution in [0.5, 0.6) is 0 Å². The summed E-state index contributed by atoms with van der Waals surface area (Å²) in [4.78, 5) is 4.35. The average molecular weight is 275 g/mol. The van der Waals surface area contributed by atoms with E-state index in [-0.39, 0.29) is 0 Å². The molecule has 0 bridgehead atoms. The maximum absolute atomic E-state index is 6.09. The van der Waals surface area contributed by atoms with E-state index in [0.29, 0.717) is 16.0 Å². The Kier molecular flexibility index (Phi) is 4.48. The van der Waals surface area contributed by atoms with Crippen LogP contribution in [0.4, 0.5) is 5.82 Å². The summed E-state index contributed by atoms with van der Waals surface area (Å²) in [6.45, 7) is 4.47. The maximum atomic E-state index is 6.09. The van der Waals surface area contributed by atoms with Gasteiger partial charge in [-0.15, -0.1) is 0 Å². The molecule has 94 valence electrons. The largest absolute Gasteiger partial charge is 0.381 e. The highest BCUT2D eigenvalue weighted by Gasteiger charge is 2.14. The molecule has 0 spiro atoms. The Morgan fingerprint density at radius 3 is 2.76 bits per heavy atom. The number of ether oxygens (including phenoxy) is 1. The van der Waals surface area contributed by atoms with Crippen molar-refractivity contribution in [1.82, 2.24) is 4.98 Å². The molecule has 1 fully saturated rings. The topological polar surface area (TPSA) is 34.2 Å². The number of hydrogen-bond acceptors (Lipinski definition) is 3. The van der Waals surface area contributed by atoms with Crippen molar-refractivity contribution in [3.63, 3.8) is 0 Å². The zero-order valence-corrected chi connectivity index (χ0v) is 11.3. The molecule has 1 aromatic heterocycles. The molecule has 0 saturated carbocycles. The van der Waals surface area contributed by atoms with Crippen LogP contribution in [0.25, 0.3) is 0 Å². The Balaban J connectivity index is 1.96. The third-order valence-corrected chi connectivity index (χ3v) is 3.67. The molecule has 1 aliphatic rings. The quantitative estimate of drug-likeness (QED) is 0.916. The van der Waals surface area contributed by atoms with E-state index in [2.05, 4.69) is 10.3 Å². The summed E-state index contributed by atoms with van der Waals surface area (Å²) in [6, 6.07) is 1.73. The number of nitrogens with one attached hydrogen (secondary N) is 1. The molecule has 17 heavy (non-hydrogen) atoms. The van der Waals surface area contributed by atoms with Gasteiger partial charge in [-0.2, -0.15) is 0 Å². The Bertz CT molecular complexity index is 392. The van der Waals surface area contributed by atoms with Gasteiger partial charge in [0.2, 0.25) is 0 Å². The van der Waals surface area contributed by atoms with E-state index in [0.717, 1.165) is 44.1 Å². The number of aryl methyl sites for hydroxylation is 1. The number of rotatable bonds is 3. The van der Waals surface area contributed by atoms with Crippen LogP contribution in [-0.2, 0) is 4.74 Å². The van der Waals surface area contributed by atoms with Gasteiger partial charge in [0, 0.05) is 19.8 Å². The predicted octanol–water partition coefficient (Wildman–Crippen LogP) is 3.54. The minimum absolute atomic E-state index is 0.577. The van der Waals surface area contributed by atoms with E-state index in [1.807, 2.05) is 6.92 Å². The highest BCUT2D eigenvalue weighted by molar-refractivity contribution is 6.36. The van der Waals surface area contributed by atoms with Crippen LogP contribution < -0.4 is 5.32 Å². The summed E-state index contributed by atoms with van der Waals surface area (Å²) in [5.74, 6) is 1.36. The first kappa shape index (κ1) is 12.9. The third-order valence-electron chi connectivity index (χ3n) is 3.00. The minimum atomic E-state index is 0.577. The number of aromatic nitrogens is 1. The van der Waals surface area contributed by atoms with E-state index >= 15 is 0 Å². The van der Waals surface area contributed by atoms with Crippen LogP contribution in [0.3, 0.4) is 0 Å². The molecule has 2 heterocycles. The summed E-state index contributed by atoms with van der Waals surface area (Å²) in [6.07, 6.45) is 2.19. The molecule has 1 N–H and O–H groups in total. The standard InChI is InChI=1S/C12H16Cl2N2O/c1-8-10(13)6-11(14)12(16-8)15-7-9-2-4-17-5-3-9/h6,9H,2-5,7H2,1H3,(H,15,16). The van der Waals surface area contributed by atoms with Gasteiger partial charge in [-0.05, 0) is 31.7 Å². The predicted molar refractivity (Wildman–Crippen MR) is 71.0 cm³/mol. The van der Waals surface area contributed by atoms with Gasteiger partial charge in [0.25, 0.3) is 0 Å². The molecule has 1 aliphatic heterocycles. The van der Waals surface area contributed by atoms with Crippen molar-refractivity contribution in [2.45, 2.75) is 19.8 Å². The lowest BCUT2D eigenvalue weighted by Crippen LogP contribution is -2.23. The van der Waals surface area contributed by atoms with Crippen molar-refractivity contribution < 1.29 is 4.74 Å². The Morgan fingerprint density at radius 2 is 2.06 bits per heavy atom. The number of nitrogens with zero attached hydrogens (tertiary/aromatic N) is 1. The van der Waals surface area contributed by atoms with Crippen molar-refractivity contribution in [3.05, 3.63) is 21.8 Å². The van der Waals surface area contributed by atoms with Crippen LogP contribution in [0.1, 0.15) is 18.5 Å². The highest BCUT2D eigenvalue weighted by atomic mass is 35.5. The van der Waals surface area contributed by atoms with E-state index in [1.54, 1.807) is 6.07 Å². The number of anilines is 1. The summed E-state index contributed by atoms with van der Waals surface area (Å²) in [5, 5.41) is 4.47. The highest BCUT2D eigenvalue weighted by Crippen LogP contribution is 2.26. The van der Waals surface area contributed by atoms with Gasteiger partial charge in [0.1, 0.15) is 5.82 Å². The Hall–Kier alpha value is -0.510. The summed E-state index contributed by atoms with van der Waals surface area (Å²) < 4.78 is 5.32. The lowest BCUT2D eigenvalue weighted by molar-refractivity contribution is 0.0699. The summed E-state index contributed by atoms with van der Waals surface area (Å²) >= 11 is 12.0. The lowest BCUT2D eigenvalue weighted by atomic mass is 10.0. The van der Waals surface area contributed by atoms with Crippen molar-refractivity contribution >= 4 is 29.0 Å². The minimum Gasteiger partial charge on any atom is -0.381 e. The third kappa shape index (κ3) is 3.47. The normalized spacial score (nSPS) is 17.1. The molecule has 0 amide bonds. The zero-order valence-electron chi connectivity index (χ0n) is 9.80. The zero-order chi connectivity index (χ0) is 12.3. The molecular weight excluding hydrogens is 259 g/mol. The van der Waals surface area contributed by atoms with E-state index in [4.69, 9.17) is 27.9 Å². The first-order valence-electron chi connectivity index (χ1n) is 5.81. The Morgan fingerprint density at radius 1 is 1.35 bits per heavy atom. The summed E-state index contributed by atoms with van der Waals surface area (Å²) in [7, 11) is 0. The van der Waals surface area contributed by atoms with Crippen LogP contribution in [0.2, 0.25) is 10.0 Å². The fraction of sp³-hybridized carbons (Fsp3) is 0.583. The van der Waals surface area contributed by atoms with E-state index in [9.17, 15) is 0 Å². The van der Waals surface area contributed by atoms with Crippen LogP contribution >= 0.6 is 23.2 Å². The van der Waals surface area contributed by atoms with E-state index in [1.165, 1.54) is 0 Å². The molecule has 5 heteroatoms. The average Bonchev–Trinajstić information content (AvgIpc) is 2.33. The van der Waals surface area contributed by atoms with Gasteiger partial charge in [-0.1, -0.05) is 23.2 Å². The fourth-order valence-electron chi connectivity index (χ4n) is 1.87. The first-order chi connectivity index (χ1) is 8.16. The number of hydrogen-bond donors (Lipinski definition) is 1. The SMILES string of the molecule is Cc1nc(NCC2CCOCC2)c(Cl)cc1Cl. The molecule has 0 unspecified atom stereocenters. The number of halogens is 2. The Labute approximate surface area is 111 Å². The molecule has 0 aromatic carbocycles. The monoisotopic (exact) mass is 274 g/mol. The van der Waals surface area contributed by atoms with Crippen LogP contribution in [0, 0.1) is 12.8 Å². The van der Waals surface area contributed by atoms with Crippen LogP contribution in [-0.4, -0.2) is 24.7 Å². The molecule has 1 aromatic rings. The molecule has 3 nitrogen and oxygen atoms in total. The molecule has 0 radical (unpaired) electrons. The van der Waals surface area contributed by atoms with Gasteiger partial charge in [-0.25, -0.2) is 4.98 Å². The number of pyridine rings is 1. The van der Waals surface area contributed by atoms with Gasteiger partial charge < -0.3 is 10.1 Å². The van der Waals surface area contributed by atoms with Crippen LogP contribution in [0.15, 0.2) is 6.07 Å². The summed E-state index contributed by atoms with van der Waals surface area (Å²) in [5.41, 5.74) is 0.797. The molecular formula is C12H16Cl2N2O. The first-order valence-corrected chi connectivity index (χ1v) is 6.56. The molecule has 0 atom stereocenters. The van der Waals surface area contributed by atoms with Crippen molar-refractivity contribution in [2.75, 3.05) is 25.1 Å². The van der Waals surface area contributed by atoms with Crippen molar-refractivity contribution in [2.24, 2.45) is 5.92 Å². The van der Waals surface area contributed by atoms with Crippen molar-refractivity contribution in [3.8, 4) is 0 Å². The molecule has 2 rings (SSSR count). The fourth-order valence-corrected chi connectivity index (χ4v) is 2.30. The van der Waals surface area contributed by atoms with Crippen molar-refractivity contribution in [1.29, 1.82) is 0 Å². The van der Waals surface area contributed by atoms with Gasteiger partial charge in [-0.3, -0.25) is 0 Å². The second-order valence-electron chi connectivity index (χ2n) is 4.32. The second kappa shape index (κ2) is 5.89. The van der Waals surface area contributed by atoms with Gasteiger partial charge in [0.05, 0.1) is 15.7 Å². The van der Waals surface area contributed by atoms with Gasteiger partial charge in [0.15, 0.2) is 0 Å². The molecule has 0 aliphatic carbocycles. The smallest absolute Gasteiger partial charge is 0.145 e. The lowest BCUT2D eigenvalue weighted by Gasteiger charge is -2.22.